The number of aryl methyl sites for hydroxylation is 1. The Morgan fingerprint density at radius 3 is 2.38 bits per heavy atom. The first-order valence-electron chi connectivity index (χ1n) is 8.22. The highest BCUT2D eigenvalue weighted by Gasteiger charge is 2.23. The van der Waals surface area contributed by atoms with Gasteiger partial charge in [0.2, 0.25) is 5.91 Å². The van der Waals surface area contributed by atoms with Crippen molar-refractivity contribution in [2.75, 3.05) is 18.0 Å². The number of carbonyl (C=O) groups excluding carboxylic acids is 1. The zero-order chi connectivity index (χ0) is 15.7. The molecule has 1 amide bonds. The summed E-state index contributed by atoms with van der Waals surface area (Å²) >= 11 is 0. The zero-order valence-corrected chi connectivity index (χ0v) is 13.8. The summed E-state index contributed by atoms with van der Waals surface area (Å²) < 4.78 is 0. The second-order valence-electron chi connectivity index (χ2n) is 5.72. The normalized spacial score (nSPS) is 12.2. The highest BCUT2D eigenvalue weighted by Crippen LogP contribution is 2.22. The third kappa shape index (κ3) is 5.50. The molecular formula is C18H30N2O. The van der Waals surface area contributed by atoms with E-state index in [1.54, 1.807) is 0 Å². The van der Waals surface area contributed by atoms with Gasteiger partial charge in [-0.1, -0.05) is 44.4 Å². The van der Waals surface area contributed by atoms with Crippen LogP contribution in [0.3, 0.4) is 0 Å². The third-order valence-electron chi connectivity index (χ3n) is 3.95. The first-order valence-corrected chi connectivity index (χ1v) is 8.22. The van der Waals surface area contributed by atoms with Gasteiger partial charge in [0, 0.05) is 18.2 Å². The topological polar surface area (TPSA) is 46.3 Å². The molecule has 0 aliphatic carbocycles. The molecule has 2 N–H and O–H groups in total. The van der Waals surface area contributed by atoms with E-state index in [4.69, 9.17) is 5.73 Å². The smallest absolute Gasteiger partial charge is 0.230 e. The van der Waals surface area contributed by atoms with E-state index in [2.05, 4.69) is 32.9 Å². The molecule has 0 heterocycles. The van der Waals surface area contributed by atoms with Gasteiger partial charge in [-0.05, 0) is 44.9 Å². The van der Waals surface area contributed by atoms with Crippen LogP contribution in [0.1, 0.15) is 51.5 Å². The van der Waals surface area contributed by atoms with Crippen LogP contribution in [0, 0.1) is 12.8 Å². The molecule has 1 atom stereocenters. The maximum atomic E-state index is 12.9. The van der Waals surface area contributed by atoms with Crippen LogP contribution in [-0.4, -0.2) is 19.0 Å². The Morgan fingerprint density at radius 2 is 1.86 bits per heavy atom. The second-order valence-corrected chi connectivity index (χ2v) is 5.72. The number of unbranched alkanes of at least 4 members (excludes halogenated alkanes) is 1. The molecule has 1 unspecified atom stereocenters. The van der Waals surface area contributed by atoms with Gasteiger partial charge in [0.15, 0.2) is 0 Å². The van der Waals surface area contributed by atoms with Crippen molar-refractivity contribution in [3.63, 3.8) is 0 Å². The van der Waals surface area contributed by atoms with Gasteiger partial charge >= 0.3 is 0 Å². The Hall–Kier alpha value is -1.35. The van der Waals surface area contributed by atoms with E-state index in [0.29, 0.717) is 13.1 Å². The summed E-state index contributed by atoms with van der Waals surface area (Å²) in [4.78, 5) is 14.8. The lowest BCUT2D eigenvalue weighted by Crippen LogP contribution is -2.37. The molecule has 0 aliphatic heterocycles. The standard InChI is InChI=1S/C18H30N2O/c1-4-6-8-16(5-2)18(21)20(14-7-13-19)17-11-9-15(3)10-12-17/h9-12,16H,4-8,13-14,19H2,1-3H3. The number of anilines is 1. The molecule has 1 aromatic carbocycles. The van der Waals surface area contributed by atoms with Crippen LogP contribution in [0.15, 0.2) is 24.3 Å². The minimum Gasteiger partial charge on any atom is -0.330 e. The number of nitrogens with two attached hydrogens (primary N) is 1. The van der Waals surface area contributed by atoms with Gasteiger partial charge in [0.1, 0.15) is 0 Å². The Balaban J connectivity index is 2.89. The number of amides is 1. The van der Waals surface area contributed by atoms with Crippen molar-refractivity contribution in [1.29, 1.82) is 0 Å². The summed E-state index contributed by atoms with van der Waals surface area (Å²) in [5, 5.41) is 0. The molecule has 1 aromatic rings. The second kappa shape index (κ2) is 9.56. The number of hydrogen-bond donors (Lipinski definition) is 1. The van der Waals surface area contributed by atoms with Crippen LogP contribution in [0.25, 0.3) is 0 Å². The van der Waals surface area contributed by atoms with E-state index in [1.807, 2.05) is 17.0 Å². The Morgan fingerprint density at radius 1 is 1.19 bits per heavy atom. The molecule has 0 spiro atoms. The average molecular weight is 290 g/mol. The van der Waals surface area contributed by atoms with Gasteiger partial charge in [0.25, 0.3) is 0 Å². The van der Waals surface area contributed by atoms with Crippen molar-refractivity contribution in [3.05, 3.63) is 29.8 Å². The van der Waals surface area contributed by atoms with Crippen LogP contribution in [-0.2, 0) is 4.79 Å². The van der Waals surface area contributed by atoms with E-state index in [-0.39, 0.29) is 11.8 Å². The molecule has 0 fully saturated rings. The largest absolute Gasteiger partial charge is 0.330 e. The molecule has 21 heavy (non-hydrogen) atoms. The first-order chi connectivity index (χ1) is 10.1. The summed E-state index contributed by atoms with van der Waals surface area (Å²) in [6, 6.07) is 8.20. The Bertz CT molecular complexity index is 414. The summed E-state index contributed by atoms with van der Waals surface area (Å²) in [5.41, 5.74) is 7.84. The van der Waals surface area contributed by atoms with Crippen LogP contribution < -0.4 is 10.6 Å². The van der Waals surface area contributed by atoms with Crippen LogP contribution in [0.4, 0.5) is 5.69 Å². The molecular weight excluding hydrogens is 260 g/mol. The van der Waals surface area contributed by atoms with E-state index in [9.17, 15) is 4.79 Å². The number of carbonyl (C=O) groups is 1. The van der Waals surface area contributed by atoms with Gasteiger partial charge in [-0.15, -0.1) is 0 Å². The fourth-order valence-electron chi connectivity index (χ4n) is 2.51. The van der Waals surface area contributed by atoms with Crippen LogP contribution in [0.5, 0.6) is 0 Å². The highest BCUT2D eigenvalue weighted by atomic mass is 16.2. The fourth-order valence-corrected chi connectivity index (χ4v) is 2.51. The van der Waals surface area contributed by atoms with Crippen molar-refractivity contribution in [3.8, 4) is 0 Å². The number of hydrogen-bond acceptors (Lipinski definition) is 2. The molecule has 3 nitrogen and oxygen atoms in total. The fraction of sp³-hybridized carbons (Fsp3) is 0.611. The number of rotatable bonds is 9. The minimum absolute atomic E-state index is 0.129. The molecule has 0 radical (unpaired) electrons. The van der Waals surface area contributed by atoms with Gasteiger partial charge in [0.05, 0.1) is 0 Å². The summed E-state index contributed by atoms with van der Waals surface area (Å²) in [6.07, 6.45) is 4.98. The van der Waals surface area contributed by atoms with E-state index in [0.717, 1.165) is 37.8 Å². The Labute approximate surface area is 129 Å². The average Bonchev–Trinajstić information content (AvgIpc) is 2.50. The predicted molar refractivity (Wildman–Crippen MR) is 90.5 cm³/mol. The van der Waals surface area contributed by atoms with Gasteiger partial charge in [-0.25, -0.2) is 0 Å². The van der Waals surface area contributed by atoms with Crippen molar-refractivity contribution in [1.82, 2.24) is 0 Å². The van der Waals surface area contributed by atoms with Crippen LogP contribution >= 0.6 is 0 Å². The molecule has 0 aliphatic rings. The lowest BCUT2D eigenvalue weighted by atomic mass is 9.97. The number of benzene rings is 1. The first kappa shape index (κ1) is 17.7. The van der Waals surface area contributed by atoms with Gasteiger partial charge < -0.3 is 10.6 Å². The summed E-state index contributed by atoms with van der Waals surface area (Å²) in [6.45, 7) is 7.66. The lowest BCUT2D eigenvalue weighted by Gasteiger charge is -2.27. The maximum absolute atomic E-state index is 12.9. The predicted octanol–water partition coefficient (Wildman–Crippen LogP) is 3.89. The van der Waals surface area contributed by atoms with Crippen molar-refractivity contribution in [2.45, 2.75) is 52.9 Å². The van der Waals surface area contributed by atoms with E-state index >= 15 is 0 Å². The highest BCUT2D eigenvalue weighted by molar-refractivity contribution is 5.95. The van der Waals surface area contributed by atoms with E-state index in [1.165, 1.54) is 5.56 Å². The molecule has 118 valence electrons. The summed E-state index contributed by atoms with van der Waals surface area (Å²) in [7, 11) is 0. The molecule has 0 aromatic heterocycles. The number of nitrogens with zero attached hydrogens (tertiary/aromatic N) is 1. The van der Waals surface area contributed by atoms with Crippen molar-refractivity contribution in [2.24, 2.45) is 11.7 Å². The van der Waals surface area contributed by atoms with Gasteiger partial charge in [-0.3, -0.25) is 4.79 Å². The monoisotopic (exact) mass is 290 g/mol. The van der Waals surface area contributed by atoms with Crippen molar-refractivity contribution < 1.29 is 4.79 Å². The quantitative estimate of drug-likeness (QED) is 0.750. The zero-order valence-electron chi connectivity index (χ0n) is 13.8. The van der Waals surface area contributed by atoms with Crippen LogP contribution in [0.2, 0.25) is 0 Å². The summed E-state index contributed by atoms with van der Waals surface area (Å²) in [5.74, 6) is 0.382. The van der Waals surface area contributed by atoms with Crippen molar-refractivity contribution >= 4 is 11.6 Å². The third-order valence-corrected chi connectivity index (χ3v) is 3.95. The maximum Gasteiger partial charge on any atom is 0.230 e. The SMILES string of the molecule is CCCCC(CC)C(=O)N(CCCN)c1ccc(C)cc1. The molecule has 3 heteroatoms. The molecule has 0 bridgehead atoms. The Kier molecular flexibility index (Phi) is 8.06. The van der Waals surface area contributed by atoms with Gasteiger partial charge in [-0.2, -0.15) is 0 Å². The molecule has 0 saturated carbocycles. The lowest BCUT2D eigenvalue weighted by molar-refractivity contribution is -0.122. The minimum atomic E-state index is 0.129. The van der Waals surface area contributed by atoms with E-state index < -0.39 is 0 Å². The molecule has 0 saturated heterocycles. The molecule has 1 rings (SSSR count).